The number of hydrogen-bond donors (Lipinski definition) is 3. The van der Waals surface area contributed by atoms with Crippen LogP contribution < -0.4 is 5.14 Å². The van der Waals surface area contributed by atoms with Crippen LogP contribution in [-0.4, -0.2) is 62.1 Å². The van der Waals surface area contributed by atoms with Crippen LogP contribution in [0.15, 0.2) is 0 Å². The lowest BCUT2D eigenvalue weighted by molar-refractivity contribution is 0.161. The van der Waals surface area contributed by atoms with Crippen molar-refractivity contribution in [1.82, 2.24) is 4.90 Å². The fourth-order valence-corrected chi connectivity index (χ4v) is 1.64. The van der Waals surface area contributed by atoms with Crippen LogP contribution in [0.1, 0.15) is 6.42 Å². The molecular weight excluding hydrogens is 208 g/mol. The Kier molecular flexibility index (Phi) is 7.02. The van der Waals surface area contributed by atoms with Gasteiger partial charge in [-0.3, -0.25) is 4.90 Å². The predicted octanol–water partition coefficient (Wildman–Crippen LogP) is -2.05. The molecule has 86 valence electrons. The van der Waals surface area contributed by atoms with Crippen molar-refractivity contribution in [2.24, 2.45) is 5.14 Å². The van der Waals surface area contributed by atoms with Crippen LogP contribution in [0.3, 0.4) is 0 Å². The van der Waals surface area contributed by atoms with E-state index in [2.05, 4.69) is 0 Å². The Hall–Kier alpha value is -0.210. The first-order valence-corrected chi connectivity index (χ1v) is 6.15. The minimum atomic E-state index is -3.40. The summed E-state index contributed by atoms with van der Waals surface area (Å²) in [4.78, 5) is 1.78. The molecule has 0 heterocycles. The summed E-state index contributed by atoms with van der Waals surface area (Å²) in [6.45, 7) is 1.37. The van der Waals surface area contributed by atoms with E-state index in [4.69, 9.17) is 15.4 Å². The summed E-state index contributed by atoms with van der Waals surface area (Å²) in [5, 5.41) is 22.1. The molecule has 0 aliphatic carbocycles. The summed E-state index contributed by atoms with van der Waals surface area (Å²) in [6, 6.07) is 0. The van der Waals surface area contributed by atoms with Gasteiger partial charge in [0.05, 0.1) is 19.0 Å². The predicted molar refractivity (Wildman–Crippen MR) is 53.2 cm³/mol. The first-order valence-electron chi connectivity index (χ1n) is 4.44. The van der Waals surface area contributed by atoms with Gasteiger partial charge >= 0.3 is 0 Å². The minimum Gasteiger partial charge on any atom is -0.395 e. The van der Waals surface area contributed by atoms with Gasteiger partial charge in [0.2, 0.25) is 10.0 Å². The second-order valence-corrected chi connectivity index (χ2v) is 4.74. The van der Waals surface area contributed by atoms with E-state index in [1.54, 1.807) is 4.90 Å². The second kappa shape index (κ2) is 7.13. The van der Waals surface area contributed by atoms with E-state index in [0.29, 0.717) is 26.1 Å². The Morgan fingerprint density at radius 2 is 1.57 bits per heavy atom. The van der Waals surface area contributed by atoms with Crippen molar-refractivity contribution in [2.75, 3.05) is 38.6 Å². The molecule has 0 fully saturated rings. The highest BCUT2D eigenvalue weighted by atomic mass is 32.2. The standard InChI is InChI=1S/C7H18N2O4S/c8-14(12,13)7-1-2-9(3-5-10)4-6-11/h10-11H,1-7H2,(H2,8,12,13). The zero-order valence-electron chi connectivity index (χ0n) is 8.09. The minimum absolute atomic E-state index is 0.00459. The number of primary sulfonamides is 1. The molecule has 0 saturated carbocycles. The van der Waals surface area contributed by atoms with Crippen LogP contribution in [-0.2, 0) is 10.0 Å². The normalized spacial score (nSPS) is 12.3. The Balaban J connectivity index is 3.70. The van der Waals surface area contributed by atoms with Gasteiger partial charge in [-0.1, -0.05) is 0 Å². The summed E-state index contributed by atoms with van der Waals surface area (Å²) < 4.78 is 21.2. The summed E-state index contributed by atoms with van der Waals surface area (Å²) in [7, 11) is -3.40. The number of nitrogens with zero attached hydrogens (tertiary/aromatic N) is 1. The lowest BCUT2D eigenvalue weighted by Gasteiger charge is -2.19. The molecule has 0 amide bonds. The summed E-state index contributed by atoms with van der Waals surface area (Å²) in [6.07, 6.45) is 0.416. The Morgan fingerprint density at radius 3 is 1.93 bits per heavy atom. The SMILES string of the molecule is NS(=O)(=O)CCCN(CCO)CCO. The Morgan fingerprint density at radius 1 is 1.07 bits per heavy atom. The molecule has 0 unspecified atom stereocenters. The van der Waals surface area contributed by atoms with E-state index in [1.165, 1.54) is 0 Å². The number of aliphatic hydroxyl groups is 2. The molecular formula is C7H18N2O4S. The first-order chi connectivity index (χ1) is 6.49. The van der Waals surface area contributed by atoms with E-state index in [1.807, 2.05) is 0 Å². The van der Waals surface area contributed by atoms with Crippen molar-refractivity contribution in [3.8, 4) is 0 Å². The van der Waals surface area contributed by atoms with Gasteiger partial charge in [0, 0.05) is 13.1 Å². The zero-order valence-corrected chi connectivity index (χ0v) is 8.91. The highest BCUT2D eigenvalue weighted by Gasteiger charge is 2.06. The molecule has 0 saturated heterocycles. The van der Waals surface area contributed by atoms with Crippen LogP contribution in [0.2, 0.25) is 0 Å². The van der Waals surface area contributed by atoms with Gasteiger partial charge in [-0.05, 0) is 13.0 Å². The van der Waals surface area contributed by atoms with Crippen LogP contribution in [0.5, 0.6) is 0 Å². The van der Waals surface area contributed by atoms with E-state index in [0.717, 1.165) is 0 Å². The average molecular weight is 226 g/mol. The van der Waals surface area contributed by atoms with E-state index < -0.39 is 10.0 Å². The number of nitrogens with two attached hydrogens (primary N) is 1. The lowest BCUT2D eigenvalue weighted by Crippen LogP contribution is -2.32. The number of sulfonamides is 1. The van der Waals surface area contributed by atoms with E-state index in [9.17, 15) is 8.42 Å². The third-order valence-corrected chi connectivity index (χ3v) is 2.59. The average Bonchev–Trinajstić information content (AvgIpc) is 2.02. The molecule has 0 atom stereocenters. The molecule has 0 aromatic carbocycles. The molecule has 0 rings (SSSR count). The molecule has 4 N–H and O–H groups in total. The monoisotopic (exact) mass is 226 g/mol. The molecule has 0 aromatic rings. The Labute approximate surface area is 84.4 Å². The maximum absolute atomic E-state index is 10.6. The number of aliphatic hydroxyl groups excluding tert-OH is 2. The Bertz CT molecular complexity index is 224. The molecule has 0 aromatic heterocycles. The van der Waals surface area contributed by atoms with Crippen LogP contribution in [0, 0.1) is 0 Å². The molecule has 0 spiro atoms. The van der Waals surface area contributed by atoms with Crippen LogP contribution in [0.4, 0.5) is 0 Å². The smallest absolute Gasteiger partial charge is 0.209 e. The summed E-state index contributed by atoms with van der Waals surface area (Å²) in [5.74, 6) is -0.0691. The van der Waals surface area contributed by atoms with Crippen molar-refractivity contribution in [3.05, 3.63) is 0 Å². The molecule has 0 aliphatic heterocycles. The molecule has 0 radical (unpaired) electrons. The quantitative estimate of drug-likeness (QED) is 0.442. The molecule has 0 aliphatic rings. The largest absolute Gasteiger partial charge is 0.395 e. The third kappa shape index (κ3) is 8.39. The van der Waals surface area contributed by atoms with Gasteiger partial charge in [-0.15, -0.1) is 0 Å². The van der Waals surface area contributed by atoms with Gasteiger partial charge in [0.15, 0.2) is 0 Å². The second-order valence-electron chi connectivity index (χ2n) is 3.01. The molecule has 14 heavy (non-hydrogen) atoms. The van der Waals surface area contributed by atoms with Gasteiger partial charge in [-0.2, -0.15) is 0 Å². The van der Waals surface area contributed by atoms with E-state index in [-0.39, 0.29) is 19.0 Å². The number of rotatable bonds is 8. The topological polar surface area (TPSA) is 104 Å². The van der Waals surface area contributed by atoms with Crippen molar-refractivity contribution >= 4 is 10.0 Å². The van der Waals surface area contributed by atoms with Gasteiger partial charge in [0.25, 0.3) is 0 Å². The van der Waals surface area contributed by atoms with Gasteiger partial charge < -0.3 is 10.2 Å². The lowest BCUT2D eigenvalue weighted by atomic mass is 10.4. The maximum Gasteiger partial charge on any atom is 0.209 e. The van der Waals surface area contributed by atoms with Crippen molar-refractivity contribution in [1.29, 1.82) is 0 Å². The fourth-order valence-electron chi connectivity index (χ4n) is 1.11. The van der Waals surface area contributed by atoms with Crippen molar-refractivity contribution in [3.63, 3.8) is 0 Å². The van der Waals surface area contributed by atoms with Crippen molar-refractivity contribution < 1.29 is 18.6 Å². The maximum atomic E-state index is 10.6. The summed E-state index contributed by atoms with van der Waals surface area (Å²) >= 11 is 0. The first kappa shape index (κ1) is 13.8. The van der Waals surface area contributed by atoms with Gasteiger partial charge in [-0.25, -0.2) is 13.6 Å². The fraction of sp³-hybridized carbons (Fsp3) is 1.00. The van der Waals surface area contributed by atoms with Crippen LogP contribution in [0.25, 0.3) is 0 Å². The molecule has 6 nitrogen and oxygen atoms in total. The van der Waals surface area contributed by atoms with Crippen LogP contribution >= 0.6 is 0 Å². The third-order valence-electron chi connectivity index (χ3n) is 1.74. The highest BCUT2D eigenvalue weighted by molar-refractivity contribution is 7.89. The van der Waals surface area contributed by atoms with Gasteiger partial charge in [0.1, 0.15) is 0 Å². The van der Waals surface area contributed by atoms with Crippen molar-refractivity contribution in [2.45, 2.75) is 6.42 Å². The van der Waals surface area contributed by atoms with E-state index >= 15 is 0 Å². The highest BCUT2D eigenvalue weighted by Crippen LogP contribution is 1.92. The summed E-state index contributed by atoms with van der Waals surface area (Å²) in [5.41, 5.74) is 0. The molecule has 7 heteroatoms. The molecule has 0 bridgehead atoms. The number of hydrogen-bond acceptors (Lipinski definition) is 5. The zero-order chi connectivity index (χ0) is 11.0.